The summed E-state index contributed by atoms with van der Waals surface area (Å²) in [6.45, 7) is 0.0662. The standard InChI is InChI=1S/C39H54ClN5O6/c40-28-16-12-15-27(22-28)32-23-39(51-44-32)24-33-36(48)43-30(35(47)37(49)41-29-19-20-29)17-10-4-2-1-3-5-11-18-31(38(50)45(33)25-39)42-34(46)21-26-13-8-6-7-9-14-26/h12,15-16,22-23,26,29-31,33,44H,1-11,13-14,17-21,24-25H2,(H,41,49)(H,42,46)(H,43,48)/t30-,31-,33-,39+/m0/s1. The van der Waals surface area contributed by atoms with Gasteiger partial charge in [0.05, 0.1) is 18.3 Å². The molecular formula is C39H54ClN5O6. The van der Waals surface area contributed by atoms with E-state index in [2.05, 4.69) is 21.4 Å². The summed E-state index contributed by atoms with van der Waals surface area (Å²) in [5.74, 6) is -2.01. The van der Waals surface area contributed by atoms with Crippen LogP contribution in [-0.2, 0) is 28.8 Å². The molecule has 0 unspecified atom stereocenters. The summed E-state index contributed by atoms with van der Waals surface area (Å²) in [7, 11) is 0. The Balaban J connectivity index is 1.26. The molecule has 4 N–H and O–H groups in total. The molecule has 4 fully saturated rings. The molecule has 278 valence electrons. The van der Waals surface area contributed by atoms with Gasteiger partial charge in [-0.3, -0.25) is 34.3 Å². The number of hydrogen-bond acceptors (Lipinski definition) is 7. The van der Waals surface area contributed by atoms with Crippen LogP contribution in [0.25, 0.3) is 5.70 Å². The maximum absolute atomic E-state index is 14.6. The number of amides is 4. The number of nitrogens with zero attached hydrogens (tertiary/aromatic N) is 1. The first-order valence-electron chi connectivity index (χ1n) is 19.4. The zero-order chi connectivity index (χ0) is 35.8. The van der Waals surface area contributed by atoms with Gasteiger partial charge in [0.2, 0.25) is 23.5 Å². The number of rotatable bonds is 7. The van der Waals surface area contributed by atoms with Crippen LogP contribution in [0.5, 0.6) is 0 Å². The van der Waals surface area contributed by atoms with Gasteiger partial charge in [-0.1, -0.05) is 94.4 Å². The van der Waals surface area contributed by atoms with E-state index in [1.165, 1.54) is 17.7 Å². The number of ketones is 1. The summed E-state index contributed by atoms with van der Waals surface area (Å²) < 4.78 is 0. The number of fused-ring (bicyclic) bond motifs is 1. The first-order chi connectivity index (χ1) is 24.7. The molecule has 3 aliphatic heterocycles. The minimum Gasteiger partial charge on any atom is -0.347 e. The smallest absolute Gasteiger partial charge is 0.289 e. The zero-order valence-electron chi connectivity index (χ0n) is 29.7. The number of Topliss-reactive ketones (excluding diaryl/α,β-unsaturated/α-hetero) is 1. The molecule has 1 aromatic rings. The van der Waals surface area contributed by atoms with Crippen LogP contribution in [-0.4, -0.2) is 70.6 Å². The quantitative estimate of drug-likeness (QED) is 0.222. The monoisotopic (exact) mass is 723 g/mol. The zero-order valence-corrected chi connectivity index (χ0v) is 30.4. The van der Waals surface area contributed by atoms with Crippen molar-refractivity contribution in [2.75, 3.05) is 6.54 Å². The summed E-state index contributed by atoms with van der Waals surface area (Å²) in [4.78, 5) is 76.4. The van der Waals surface area contributed by atoms with Crippen molar-refractivity contribution in [1.29, 1.82) is 0 Å². The van der Waals surface area contributed by atoms with Crippen LogP contribution in [0, 0.1) is 5.92 Å². The Kier molecular flexibility index (Phi) is 12.7. The number of benzene rings is 1. The van der Waals surface area contributed by atoms with Crippen LogP contribution in [0.3, 0.4) is 0 Å². The molecule has 3 heterocycles. The number of hydrogen-bond donors (Lipinski definition) is 4. The first kappa shape index (κ1) is 37.3. The molecule has 51 heavy (non-hydrogen) atoms. The number of nitrogens with one attached hydrogen (secondary N) is 4. The van der Waals surface area contributed by atoms with Gasteiger partial charge in [0, 0.05) is 29.5 Å². The van der Waals surface area contributed by atoms with E-state index in [9.17, 15) is 24.0 Å². The van der Waals surface area contributed by atoms with Gasteiger partial charge in [0.1, 0.15) is 17.7 Å². The molecular weight excluding hydrogens is 670 g/mol. The number of hydroxylamine groups is 1. The van der Waals surface area contributed by atoms with Crippen LogP contribution in [0.4, 0.5) is 0 Å². The molecule has 1 aromatic carbocycles. The summed E-state index contributed by atoms with van der Waals surface area (Å²) >= 11 is 6.28. The summed E-state index contributed by atoms with van der Waals surface area (Å²) in [6.07, 6.45) is 17.9. The molecule has 2 aliphatic carbocycles. The third kappa shape index (κ3) is 10.1. The minimum atomic E-state index is -1.05. The lowest BCUT2D eigenvalue weighted by atomic mass is 9.95. The summed E-state index contributed by atoms with van der Waals surface area (Å²) in [5.41, 5.74) is 3.42. The van der Waals surface area contributed by atoms with Gasteiger partial charge >= 0.3 is 0 Å². The van der Waals surface area contributed by atoms with Crippen molar-refractivity contribution >= 4 is 46.7 Å². The highest BCUT2D eigenvalue weighted by molar-refractivity contribution is 6.38. The Bertz CT molecular complexity index is 1470. The highest BCUT2D eigenvalue weighted by atomic mass is 35.5. The third-order valence-corrected chi connectivity index (χ3v) is 11.4. The fourth-order valence-corrected chi connectivity index (χ4v) is 8.31. The van der Waals surface area contributed by atoms with Crippen molar-refractivity contribution in [2.24, 2.45) is 5.92 Å². The SMILES string of the molecule is O=C(CC1CCCCCC1)N[C@H]1CCCCCCCCC[C@@H](C(=O)C(=O)NC2CC2)NC(=O)[C@@H]2C[C@]3(C=C(c4cccc(Cl)c4)NO3)CN2C1=O. The van der Waals surface area contributed by atoms with Crippen molar-refractivity contribution in [1.82, 2.24) is 26.3 Å². The van der Waals surface area contributed by atoms with Crippen molar-refractivity contribution < 1.29 is 28.8 Å². The molecule has 6 rings (SSSR count). The van der Waals surface area contributed by atoms with Gasteiger partial charge in [-0.2, -0.15) is 0 Å². The van der Waals surface area contributed by atoms with Crippen molar-refractivity contribution in [3.8, 4) is 0 Å². The van der Waals surface area contributed by atoms with Crippen molar-refractivity contribution in [3.63, 3.8) is 0 Å². The highest BCUT2D eigenvalue weighted by Gasteiger charge is 2.53. The van der Waals surface area contributed by atoms with Crippen molar-refractivity contribution in [2.45, 2.75) is 152 Å². The van der Waals surface area contributed by atoms with E-state index in [0.29, 0.717) is 42.3 Å². The van der Waals surface area contributed by atoms with Crippen LogP contribution in [0.1, 0.15) is 128 Å². The topological polar surface area (TPSA) is 146 Å². The predicted octanol–water partition coefficient (Wildman–Crippen LogP) is 5.26. The van der Waals surface area contributed by atoms with Crippen molar-refractivity contribution in [3.05, 3.63) is 40.9 Å². The van der Waals surface area contributed by atoms with Gasteiger partial charge in [0.15, 0.2) is 0 Å². The van der Waals surface area contributed by atoms with Gasteiger partial charge < -0.3 is 20.9 Å². The van der Waals surface area contributed by atoms with E-state index >= 15 is 0 Å². The second-order valence-electron chi connectivity index (χ2n) is 15.4. The molecule has 11 nitrogen and oxygen atoms in total. The van der Waals surface area contributed by atoms with Gasteiger partial charge in [-0.05, 0) is 62.7 Å². The number of halogens is 1. The molecule has 4 amide bonds. The Hall–Kier alpha value is -3.44. The molecule has 12 heteroatoms. The van der Waals surface area contributed by atoms with Crippen LogP contribution >= 0.6 is 11.6 Å². The van der Waals surface area contributed by atoms with E-state index in [1.54, 1.807) is 12.1 Å². The third-order valence-electron chi connectivity index (χ3n) is 11.2. The molecule has 5 aliphatic rings. The van der Waals surface area contributed by atoms with Gasteiger partial charge in [-0.25, -0.2) is 0 Å². The highest BCUT2D eigenvalue weighted by Crippen LogP contribution is 2.38. The number of carbonyl (C=O) groups is 5. The Morgan fingerprint density at radius 1 is 0.863 bits per heavy atom. The lowest BCUT2D eigenvalue weighted by molar-refractivity contribution is -0.143. The largest absolute Gasteiger partial charge is 0.347 e. The molecule has 2 saturated carbocycles. The lowest BCUT2D eigenvalue weighted by Crippen LogP contribution is -2.56. The first-order valence-corrected chi connectivity index (χ1v) is 19.8. The normalized spacial score (nSPS) is 28.6. The molecule has 0 radical (unpaired) electrons. The predicted molar refractivity (Wildman–Crippen MR) is 194 cm³/mol. The Morgan fingerprint density at radius 2 is 1.53 bits per heavy atom. The molecule has 4 atom stereocenters. The summed E-state index contributed by atoms with van der Waals surface area (Å²) in [5, 5.41) is 9.32. The van der Waals surface area contributed by atoms with Crippen LogP contribution in [0.2, 0.25) is 5.02 Å². The molecule has 0 bridgehead atoms. The molecule has 2 saturated heterocycles. The number of carbonyl (C=O) groups excluding carboxylic acids is 5. The van der Waals surface area contributed by atoms with E-state index in [-0.39, 0.29) is 30.8 Å². The summed E-state index contributed by atoms with van der Waals surface area (Å²) in [6, 6.07) is 4.52. The van der Waals surface area contributed by atoms with Crippen LogP contribution < -0.4 is 21.4 Å². The average molecular weight is 724 g/mol. The maximum Gasteiger partial charge on any atom is 0.289 e. The second kappa shape index (κ2) is 17.4. The molecule has 0 aromatic heterocycles. The molecule has 1 spiro atoms. The second-order valence-corrected chi connectivity index (χ2v) is 15.9. The van der Waals surface area contributed by atoms with Gasteiger partial charge in [-0.15, -0.1) is 0 Å². The Morgan fingerprint density at radius 3 is 2.22 bits per heavy atom. The average Bonchev–Trinajstić information content (AvgIpc) is 3.79. The van der Waals surface area contributed by atoms with Crippen LogP contribution in [0.15, 0.2) is 30.3 Å². The van der Waals surface area contributed by atoms with Gasteiger partial charge in [0.25, 0.3) is 5.91 Å². The van der Waals surface area contributed by atoms with E-state index in [4.69, 9.17) is 16.4 Å². The Labute approximate surface area is 306 Å². The minimum absolute atomic E-state index is 0.00773. The van der Waals surface area contributed by atoms with E-state index < -0.39 is 41.3 Å². The fourth-order valence-electron chi connectivity index (χ4n) is 8.12. The lowest BCUT2D eigenvalue weighted by Gasteiger charge is -2.30. The van der Waals surface area contributed by atoms with E-state index in [0.717, 1.165) is 82.6 Å². The van der Waals surface area contributed by atoms with E-state index in [1.807, 2.05) is 18.2 Å². The fraction of sp³-hybridized carbons (Fsp3) is 0.667. The maximum atomic E-state index is 14.6.